The number of rotatable bonds is 6. The fourth-order valence-corrected chi connectivity index (χ4v) is 3.69. The van der Waals surface area contributed by atoms with Crippen LogP contribution in [0.1, 0.15) is 34.8 Å². The van der Waals surface area contributed by atoms with E-state index in [1.807, 2.05) is 44.3 Å². The van der Waals surface area contributed by atoms with E-state index in [0.717, 1.165) is 6.26 Å². The number of anilines is 1. The summed E-state index contributed by atoms with van der Waals surface area (Å²) in [6, 6.07) is 14.5. The Balaban J connectivity index is 0.000000375. The van der Waals surface area contributed by atoms with Crippen molar-refractivity contribution in [2.45, 2.75) is 13.0 Å². The minimum Gasteiger partial charge on any atom is -0.382 e. The molecule has 0 saturated carbocycles. The number of nitrogen functional groups attached to an aromatic ring is 1. The first-order valence-electron chi connectivity index (χ1n) is 11.4. The van der Waals surface area contributed by atoms with Crippen LogP contribution >= 0.6 is 0 Å². The number of nitrogens with zero attached hydrogens (tertiary/aromatic N) is 4. The number of hydrogen-bond donors (Lipinski definition) is 3. The molecule has 4 N–H and O–H groups in total. The van der Waals surface area contributed by atoms with Gasteiger partial charge in [0.1, 0.15) is 11.5 Å². The molecule has 196 valence electrons. The van der Waals surface area contributed by atoms with E-state index in [2.05, 4.69) is 31.8 Å². The normalized spacial score (nSPS) is 11.6. The summed E-state index contributed by atoms with van der Waals surface area (Å²) in [4.78, 5) is 35.6. The van der Waals surface area contributed by atoms with Gasteiger partial charge in [0.05, 0.1) is 35.4 Å². The number of aromatic nitrogens is 4. The number of carbonyl (C=O) groups excluding carboxylic acids is 1. The highest BCUT2D eigenvalue weighted by Gasteiger charge is 2.18. The van der Waals surface area contributed by atoms with Gasteiger partial charge in [-0.05, 0) is 38.2 Å². The van der Waals surface area contributed by atoms with Gasteiger partial charge in [-0.2, -0.15) is 0 Å². The minimum absolute atomic E-state index is 0.0373. The van der Waals surface area contributed by atoms with Crippen molar-refractivity contribution >= 4 is 33.0 Å². The van der Waals surface area contributed by atoms with Crippen LogP contribution in [0, 0.1) is 11.8 Å². The van der Waals surface area contributed by atoms with Crippen molar-refractivity contribution < 1.29 is 13.2 Å². The van der Waals surface area contributed by atoms with Crippen LogP contribution in [0.3, 0.4) is 0 Å². The van der Waals surface area contributed by atoms with Gasteiger partial charge in [-0.15, -0.1) is 0 Å². The minimum atomic E-state index is -3.33. The molecule has 2 aromatic heterocycles. The van der Waals surface area contributed by atoms with Crippen LogP contribution < -0.4 is 21.3 Å². The number of benzene rings is 2. The van der Waals surface area contributed by atoms with Crippen LogP contribution in [0.15, 0.2) is 65.7 Å². The Morgan fingerprint density at radius 2 is 1.82 bits per heavy atom. The molecule has 38 heavy (non-hydrogen) atoms. The van der Waals surface area contributed by atoms with Crippen LogP contribution in [-0.2, 0) is 10.0 Å². The van der Waals surface area contributed by atoms with Crippen LogP contribution in [0.25, 0.3) is 16.6 Å². The van der Waals surface area contributed by atoms with E-state index in [1.165, 1.54) is 12.4 Å². The molecule has 11 nitrogen and oxygen atoms in total. The van der Waals surface area contributed by atoms with Gasteiger partial charge in [0, 0.05) is 18.0 Å². The summed E-state index contributed by atoms with van der Waals surface area (Å²) < 4.78 is 26.3. The topological polar surface area (TPSA) is 162 Å². The van der Waals surface area contributed by atoms with Gasteiger partial charge in [-0.3, -0.25) is 14.2 Å². The maximum absolute atomic E-state index is 13.5. The molecule has 0 bridgehead atoms. The SMILES string of the molecule is CNC(C)c1nc2cccc(C#CCNS(C)(=O)=O)c2c(=O)n1-c1ccccc1.Nc1nccnc1C=O. The van der Waals surface area contributed by atoms with Crippen molar-refractivity contribution in [3.8, 4) is 17.5 Å². The average molecular weight is 534 g/mol. The van der Waals surface area contributed by atoms with E-state index >= 15 is 0 Å². The fourth-order valence-electron chi connectivity index (χ4n) is 3.35. The Morgan fingerprint density at radius 3 is 2.42 bits per heavy atom. The number of sulfonamides is 1. The maximum Gasteiger partial charge on any atom is 0.267 e. The summed E-state index contributed by atoms with van der Waals surface area (Å²) in [5.41, 5.74) is 6.96. The Morgan fingerprint density at radius 1 is 1.11 bits per heavy atom. The lowest BCUT2D eigenvalue weighted by molar-refractivity contribution is 0.111. The molecule has 2 heterocycles. The van der Waals surface area contributed by atoms with Gasteiger partial charge in [0.15, 0.2) is 12.1 Å². The zero-order chi connectivity index (χ0) is 27.7. The predicted molar refractivity (Wildman–Crippen MR) is 146 cm³/mol. The monoisotopic (exact) mass is 533 g/mol. The van der Waals surface area contributed by atoms with E-state index < -0.39 is 10.0 Å². The number of fused-ring (bicyclic) bond motifs is 1. The molecular weight excluding hydrogens is 506 g/mol. The zero-order valence-electron chi connectivity index (χ0n) is 21.0. The highest BCUT2D eigenvalue weighted by molar-refractivity contribution is 7.88. The molecule has 1 atom stereocenters. The highest BCUT2D eigenvalue weighted by atomic mass is 32.2. The van der Waals surface area contributed by atoms with Crippen molar-refractivity contribution in [2.24, 2.45) is 0 Å². The Hall–Kier alpha value is -4.44. The largest absolute Gasteiger partial charge is 0.382 e. The Labute approximate surface area is 220 Å². The third-order valence-electron chi connectivity index (χ3n) is 5.27. The first-order chi connectivity index (χ1) is 18.2. The van der Waals surface area contributed by atoms with Crippen molar-refractivity contribution in [1.82, 2.24) is 29.6 Å². The van der Waals surface area contributed by atoms with Gasteiger partial charge >= 0.3 is 0 Å². The van der Waals surface area contributed by atoms with Gasteiger partial charge in [-0.1, -0.05) is 36.1 Å². The number of nitrogens with one attached hydrogen (secondary N) is 2. The van der Waals surface area contributed by atoms with Crippen molar-refractivity contribution in [3.63, 3.8) is 0 Å². The summed E-state index contributed by atoms with van der Waals surface area (Å²) in [7, 11) is -1.52. The number of hydrogen-bond acceptors (Lipinski definition) is 9. The number of nitrogens with two attached hydrogens (primary N) is 1. The summed E-state index contributed by atoms with van der Waals surface area (Å²) in [6.07, 6.45) is 4.49. The summed E-state index contributed by atoms with van der Waals surface area (Å²) in [6.45, 7) is 1.90. The van der Waals surface area contributed by atoms with Crippen LogP contribution in [0.4, 0.5) is 5.82 Å². The van der Waals surface area contributed by atoms with Crippen LogP contribution in [0.2, 0.25) is 0 Å². The second-order valence-corrected chi connectivity index (χ2v) is 9.83. The first kappa shape index (κ1) is 28.1. The fraction of sp³-hybridized carbons (Fsp3) is 0.192. The van der Waals surface area contributed by atoms with Crippen molar-refractivity contribution in [1.29, 1.82) is 0 Å². The molecule has 2 aromatic carbocycles. The molecule has 0 amide bonds. The smallest absolute Gasteiger partial charge is 0.267 e. The lowest BCUT2D eigenvalue weighted by Crippen LogP contribution is -2.29. The quantitative estimate of drug-likeness (QED) is 0.246. The predicted octanol–water partition coefficient (Wildman–Crippen LogP) is 1.44. The molecule has 0 fully saturated rings. The van der Waals surface area contributed by atoms with Gasteiger partial charge in [0.25, 0.3) is 5.56 Å². The Kier molecular flexibility index (Phi) is 9.39. The van der Waals surface area contributed by atoms with Gasteiger partial charge < -0.3 is 11.1 Å². The maximum atomic E-state index is 13.5. The lowest BCUT2D eigenvalue weighted by atomic mass is 10.1. The average Bonchev–Trinajstić information content (AvgIpc) is 2.91. The number of aldehydes is 1. The summed E-state index contributed by atoms with van der Waals surface area (Å²) in [5, 5.41) is 3.54. The van der Waals surface area contributed by atoms with Crippen molar-refractivity contribution in [3.05, 3.63) is 88.4 Å². The molecule has 1 unspecified atom stereocenters. The van der Waals surface area contributed by atoms with Gasteiger partial charge in [-0.25, -0.2) is 28.1 Å². The highest BCUT2D eigenvalue weighted by Crippen LogP contribution is 2.19. The van der Waals surface area contributed by atoms with Crippen molar-refractivity contribution in [2.75, 3.05) is 25.6 Å². The third kappa shape index (κ3) is 7.07. The first-order valence-corrected chi connectivity index (χ1v) is 13.3. The molecule has 0 spiro atoms. The van der Waals surface area contributed by atoms with E-state index in [9.17, 15) is 18.0 Å². The molecule has 0 aliphatic rings. The van der Waals surface area contributed by atoms with Crippen LogP contribution in [0.5, 0.6) is 0 Å². The molecule has 0 saturated heterocycles. The second kappa shape index (κ2) is 12.7. The standard InChI is InChI=1S/C21H22N4O3S.C5H5N3O/c1-15(22-2)20-24-18-13-7-9-16(10-8-14-23-29(3,27)28)19(18)21(26)25(20)17-11-5-4-6-12-17;6-5-4(3-9)7-1-2-8-5/h4-7,9,11-13,15,22-23H,14H2,1-3H3;1-3H,(H2,6,8). The zero-order valence-corrected chi connectivity index (χ0v) is 21.9. The van der Waals surface area contributed by atoms with E-state index in [1.54, 1.807) is 22.8 Å². The Bertz CT molecular complexity index is 1660. The summed E-state index contributed by atoms with van der Waals surface area (Å²) >= 11 is 0. The summed E-state index contributed by atoms with van der Waals surface area (Å²) in [5.74, 6) is 6.42. The molecule has 0 aliphatic carbocycles. The molecule has 4 aromatic rings. The van der Waals surface area contributed by atoms with E-state index in [0.29, 0.717) is 34.3 Å². The molecule has 4 rings (SSSR count). The van der Waals surface area contributed by atoms with Gasteiger partial charge in [0.2, 0.25) is 10.0 Å². The number of carbonyl (C=O) groups is 1. The van der Waals surface area contributed by atoms with Crippen LogP contribution in [-0.4, -0.2) is 54.1 Å². The lowest BCUT2D eigenvalue weighted by Gasteiger charge is -2.18. The second-order valence-electron chi connectivity index (χ2n) is 8.00. The number of para-hydroxylation sites is 1. The molecule has 0 radical (unpaired) electrons. The molecule has 0 aliphatic heterocycles. The van der Waals surface area contributed by atoms with E-state index in [4.69, 9.17) is 10.7 Å². The molecular formula is C26H27N7O4S. The molecule has 12 heteroatoms. The third-order valence-corrected chi connectivity index (χ3v) is 5.94. The van der Waals surface area contributed by atoms with E-state index in [-0.39, 0.29) is 29.7 Å².